The Labute approximate surface area is 99.1 Å². The number of carboxylic acid groups (broad SMARTS) is 1. The smallest absolute Gasteiger partial charge is 0.335 e. The molecule has 0 aliphatic carbocycles. The molecule has 0 bridgehead atoms. The molecule has 0 aliphatic heterocycles. The minimum atomic E-state index is -0.909. The molecule has 3 heteroatoms. The van der Waals surface area contributed by atoms with Crippen molar-refractivity contribution in [1.29, 1.82) is 0 Å². The maximum absolute atomic E-state index is 10.7. The van der Waals surface area contributed by atoms with Gasteiger partial charge in [-0.05, 0) is 29.3 Å². The summed E-state index contributed by atoms with van der Waals surface area (Å²) in [5.74, 6) is -0.909. The lowest BCUT2D eigenvalue weighted by atomic mass is 10.1. The van der Waals surface area contributed by atoms with Gasteiger partial charge >= 0.3 is 5.97 Å². The van der Waals surface area contributed by atoms with Crippen LogP contribution >= 0.6 is 0 Å². The first-order valence-corrected chi connectivity index (χ1v) is 5.17. The van der Waals surface area contributed by atoms with Gasteiger partial charge < -0.3 is 5.11 Å². The summed E-state index contributed by atoms with van der Waals surface area (Å²) in [7, 11) is 0. The molecule has 1 N–H and O–H groups in total. The van der Waals surface area contributed by atoms with E-state index in [0.29, 0.717) is 5.56 Å². The fourth-order valence-corrected chi connectivity index (χ4v) is 1.40. The number of pyridine rings is 1. The third-order valence-corrected chi connectivity index (χ3v) is 2.31. The van der Waals surface area contributed by atoms with Gasteiger partial charge in [0.15, 0.2) is 0 Å². The molecule has 2 aromatic rings. The zero-order valence-corrected chi connectivity index (χ0v) is 9.08. The van der Waals surface area contributed by atoms with Gasteiger partial charge in [0.2, 0.25) is 0 Å². The second kappa shape index (κ2) is 5.07. The zero-order valence-electron chi connectivity index (χ0n) is 9.08. The second-order valence-electron chi connectivity index (χ2n) is 3.55. The van der Waals surface area contributed by atoms with Gasteiger partial charge in [0, 0.05) is 12.4 Å². The molecule has 17 heavy (non-hydrogen) atoms. The van der Waals surface area contributed by atoms with E-state index in [1.165, 1.54) is 0 Å². The van der Waals surface area contributed by atoms with Gasteiger partial charge in [0.25, 0.3) is 0 Å². The molecule has 0 saturated carbocycles. The highest BCUT2D eigenvalue weighted by atomic mass is 16.4. The largest absolute Gasteiger partial charge is 0.478 e. The summed E-state index contributed by atoms with van der Waals surface area (Å²) in [6, 6.07) is 10.5. The van der Waals surface area contributed by atoms with Crippen molar-refractivity contribution < 1.29 is 9.90 Å². The molecule has 0 unspecified atom stereocenters. The molecule has 0 spiro atoms. The van der Waals surface area contributed by atoms with Gasteiger partial charge in [-0.3, -0.25) is 4.98 Å². The quantitative estimate of drug-likeness (QED) is 0.873. The molecular formula is C14H11NO2. The Morgan fingerprint density at radius 3 is 2.35 bits per heavy atom. The molecule has 3 nitrogen and oxygen atoms in total. The molecular weight excluding hydrogens is 214 g/mol. The molecule has 0 atom stereocenters. The SMILES string of the molecule is O=C(O)c1ccc(/C=C\c2cccnc2)cc1. The summed E-state index contributed by atoms with van der Waals surface area (Å²) in [5.41, 5.74) is 2.26. The van der Waals surface area contributed by atoms with Gasteiger partial charge in [-0.2, -0.15) is 0 Å². The van der Waals surface area contributed by atoms with Crippen molar-refractivity contribution in [3.8, 4) is 0 Å². The predicted molar refractivity (Wildman–Crippen MR) is 66.6 cm³/mol. The minimum absolute atomic E-state index is 0.295. The summed E-state index contributed by atoms with van der Waals surface area (Å²) in [4.78, 5) is 14.7. The average molecular weight is 225 g/mol. The van der Waals surface area contributed by atoms with E-state index in [0.717, 1.165) is 11.1 Å². The summed E-state index contributed by atoms with van der Waals surface area (Å²) >= 11 is 0. The average Bonchev–Trinajstić information content (AvgIpc) is 2.38. The van der Waals surface area contributed by atoms with Crippen molar-refractivity contribution in [2.24, 2.45) is 0 Å². The van der Waals surface area contributed by atoms with E-state index in [1.807, 2.05) is 24.3 Å². The zero-order chi connectivity index (χ0) is 12.1. The standard InChI is InChI=1S/C14H11NO2/c16-14(17)13-7-5-11(6-8-13)3-4-12-2-1-9-15-10-12/h1-10H,(H,16,17)/b4-3-. The molecule has 0 aliphatic rings. The Bertz CT molecular complexity index is 530. The first kappa shape index (κ1) is 11.1. The summed E-state index contributed by atoms with van der Waals surface area (Å²) in [6.07, 6.45) is 7.34. The van der Waals surface area contributed by atoms with E-state index >= 15 is 0 Å². The van der Waals surface area contributed by atoms with Crippen LogP contribution in [0.3, 0.4) is 0 Å². The lowest BCUT2D eigenvalue weighted by Gasteiger charge is -1.96. The fourth-order valence-electron chi connectivity index (χ4n) is 1.40. The van der Waals surface area contributed by atoms with Crippen LogP contribution in [-0.4, -0.2) is 16.1 Å². The molecule has 2 rings (SSSR count). The third-order valence-electron chi connectivity index (χ3n) is 2.31. The van der Waals surface area contributed by atoms with Crippen LogP contribution < -0.4 is 0 Å². The Hall–Kier alpha value is -2.42. The molecule has 1 heterocycles. The number of hydrogen-bond acceptors (Lipinski definition) is 2. The number of rotatable bonds is 3. The molecule has 0 radical (unpaired) electrons. The molecule has 1 aromatic carbocycles. The Kier molecular flexibility index (Phi) is 3.31. The van der Waals surface area contributed by atoms with Crippen LogP contribution in [0.1, 0.15) is 21.5 Å². The monoisotopic (exact) mass is 225 g/mol. The van der Waals surface area contributed by atoms with Crippen molar-refractivity contribution in [3.05, 3.63) is 65.5 Å². The van der Waals surface area contributed by atoms with Crippen molar-refractivity contribution in [3.63, 3.8) is 0 Å². The highest BCUT2D eigenvalue weighted by Gasteiger charge is 1.99. The van der Waals surface area contributed by atoms with Crippen LogP contribution in [0.25, 0.3) is 12.2 Å². The summed E-state index contributed by atoms with van der Waals surface area (Å²) < 4.78 is 0. The maximum atomic E-state index is 10.7. The van der Waals surface area contributed by atoms with Crippen molar-refractivity contribution >= 4 is 18.1 Å². The Morgan fingerprint density at radius 2 is 1.76 bits per heavy atom. The third kappa shape index (κ3) is 3.01. The van der Waals surface area contributed by atoms with Gasteiger partial charge in [-0.1, -0.05) is 30.4 Å². The summed E-state index contributed by atoms with van der Waals surface area (Å²) in [6.45, 7) is 0. The van der Waals surface area contributed by atoms with Gasteiger partial charge in [0.1, 0.15) is 0 Å². The van der Waals surface area contributed by atoms with Crippen LogP contribution in [0.5, 0.6) is 0 Å². The van der Waals surface area contributed by atoms with Crippen molar-refractivity contribution in [2.75, 3.05) is 0 Å². The minimum Gasteiger partial charge on any atom is -0.478 e. The number of aromatic carboxylic acids is 1. The fraction of sp³-hybridized carbons (Fsp3) is 0. The highest BCUT2D eigenvalue weighted by molar-refractivity contribution is 5.88. The van der Waals surface area contributed by atoms with E-state index in [1.54, 1.807) is 36.7 Å². The number of carbonyl (C=O) groups is 1. The molecule has 0 fully saturated rings. The van der Waals surface area contributed by atoms with E-state index < -0.39 is 5.97 Å². The van der Waals surface area contributed by atoms with Crippen molar-refractivity contribution in [1.82, 2.24) is 4.98 Å². The van der Waals surface area contributed by atoms with E-state index in [4.69, 9.17) is 5.11 Å². The normalized spacial score (nSPS) is 10.6. The van der Waals surface area contributed by atoms with E-state index in [2.05, 4.69) is 4.98 Å². The lowest BCUT2D eigenvalue weighted by Crippen LogP contribution is -1.94. The molecule has 84 valence electrons. The number of benzene rings is 1. The number of aromatic nitrogens is 1. The van der Waals surface area contributed by atoms with E-state index in [9.17, 15) is 4.79 Å². The van der Waals surface area contributed by atoms with Gasteiger partial charge in [0.05, 0.1) is 5.56 Å². The van der Waals surface area contributed by atoms with Crippen LogP contribution in [0.15, 0.2) is 48.8 Å². The van der Waals surface area contributed by atoms with Crippen LogP contribution in [0.4, 0.5) is 0 Å². The first-order chi connectivity index (χ1) is 8.25. The number of hydrogen-bond donors (Lipinski definition) is 1. The van der Waals surface area contributed by atoms with E-state index in [-0.39, 0.29) is 0 Å². The van der Waals surface area contributed by atoms with Crippen LogP contribution in [-0.2, 0) is 0 Å². The van der Waals surface area contributed by atoms with Crippen LogP contribution in [0.2, 0.25) is 0 Å². The Balaban J connectivity index is 2.14. The number of nitrogens with zero attached hydrogens (tertiary/aromatic N) is 1. The molecule has 0 saturated heterocycles. The van der Waals surface area contributed by atoms with Gasteiger partial charge in [-0.15, -0.1) is 0 Å². The van der Waals surface area contributed by atoms with Gasteiger partial charge in [-0.25, -0.2) is 4.79 Å². The van der Waals surface area contributed by atoms with Crippen LogP contribution in [0, 0.1) is 0 Å². The highest BCUT2D eigenvalue weighted by Crippen LogP contribution is 2.09. The van der Waals surface area contributed by atoms with Crippen molar-refractivity contribution in [2.45, 2.75) is 0 Å². The maximum Gasteiger partial charge on any atom is 0.335 e. The Morgan fingerprint density at radius 1 is 1.06 bits per heavy atom. The summed E-state index contributed by atoms with van der Waals surface area (Å²) in [5, 5.41) is 8.76. The second-order valence-corrected chi connectivity index (χ2v) is 3.55. The molecule has 0 amide bonds. The topological polar surface area (TPSA) is 50.2 Å². The first-order valence-electron chi connectivity index (χ1n) is 5.17. The number of carboxylic acids is 1. The predicted octanol–water partition coefficient (Wildman–Crippen LogP) is 2.95. The molecule has 1 aromatic heterocycles. The lowest BCUT2D eigenvalue weighted by molar-refractivity contribution is 0.0697.